The van der Waals surface area contributed by atoms with Gasteiger partial charge in [0.1, 0.15) is 0 Å². The van der Waals surface area contributed by atoms with E-state index in [2.05, 4.69) is 5.32 Å². The number of methoxy groups -OCH3 is 1. The average Bonchev–Trinajstić information content (AvgIpc) is 2.38. The summed E-state index contributed by atoms with van der Waals surface area (Å²) < 4.78 is 10.3. The maximum atomic E-state index is 11.7. The van der Waals surface area contributed by atoms with Crippen molar-refractivity contribution in [3.8, 4) is 0 Å². The van der Waals surface area contributed by atoms with Crippen molar-refractivity contribution in [3.63, 3.8) is 0 Å². The summed E-state index contributed by atoms with van der Waals surface area (Å²) >= 11 is 0. The Labute approximate surface area is 114 Å². The molecule has 0 aliphatic heterocycles. The number of nitrogens with one attached hydrogen (secondary N) is 1. The zero-order valence-corrected chi connectivity index (χ0v) is 11.9. The molecule has 0 aromatic heterocycles. The Balaban J connectivity index is 2.83. The van der Waals surface area contributed by atoms with Gasteiger partial charge in [0, 0.05) is 13.7 Å². The zero-order valence-electron chi connectivity index (χ0n) is 11.9. The van der Waals surface area contributed by atoms with Crippen LogP contribution in [0.25, 0.3) is 0 Å². The number of nitrogens with two attached hydrogens (primary N) is 1. The van der Waals surface area contributed by atoms with Crippen LogP contribution in [0.5, 0.6) is 0 Å². The summed E-state index contributed by atoms with van der Waals surface area (Å²) in [7, 11) is 1.65. The molecule has 0 unspecified atom stereocenters. The first kappa shape index (κ1) is 15.3. The van der Waals surface area contributed by atoms with Gasteiger partial charge in [-0.05, 0) is 39.0 Å². The van der Waals surface area contributed by atoms with Crippen LogP contribution in [-0.2, 0) is 9.47 Å². The van der Waals surface area contributed by atoms with Crippen molar-refractivity contribution in [2.75, 3.05) is 31.3 Å². The summed E-state index contributed by atoms with van der Waals surface area (Å²) in [6.07, 6.45) is 0. The molecule has 0 amide bonds. The van der Waals surface area contributed by atoms with Crippen molar-refractivity contribution in [3.05, 3.63) is 23.8 Å². The molecule has 0 saturated carbocycles. The molecule has 0 aliphatic carbocycles. The summed E-state index contributed by atoms with van der Waals surface area (Å²) in [6.45, 7) is 6.63. The average molecular weight is 266 g/mol. The van der Waals surface area contributed by atoms with Gasteiger partial charge in [0.15, 0.2) is 0 Å². The number of ether oxygens (including phenoxy) is 2. The van der Waals surface area contributed by atoms with E-state index < -0.39 is 0 Å². The topological polar surface area (TPSA) is 73.6 Å². The molecule has 5 heteroatoms. The molecule has 1 rings (SSSR count). The number of carbonyl (C=O) groups is 1. The predicted molar refractivity (Wildman–Crippen MR) is 76.4 cm³/mol. The first-order valence-electron chi connectivity index (χ1n) is 6.25. The molecule has 0 aliphatic rings. The van der Waals surface area contributed by atoms with Gasteiger partial charge in [0.05, 0.1) is 29.1 Å². The first-order chi connectivity index (χ1) is 8.89. The lowest BCUT2D eigenvalue weighted by molar-refractivity contribution is 0.0344. The Morgan fingerprint density at radius 1 is 1.42 bits per heavy atom. The first-order valence-corrected chi connectivity index (χ1v) is 6.25. The second-order valence-electron chi connectivity index (χ2n) is 4.84. The highest BCUT2D eigenvalue weighted by Gasteiger charge is 2.17. The third-order valence-electron chi connectivity index (χ3n) is 2.82. The third kappa shape index (κ3) is 4.44. The number of carbonyl (C=O) groups excluding carboxylic acids is 1. The zero-order chi connectivity index (χ0) is 14.5. The molecular weight excluding hydrogens is 244 g/mol. The van der Waals surface area contributed by atoms with Crippen LogP contribution in [0.3, 0.4) is 0 Å². The van der Waals surface area contributed by atoms with E-state index in [1.54, 1.807) is 32.2 Å². The summed E-state index contributed by atoms with van der Waals surface area (Å²) in [6, 6.07) is 5.04. The minimum Gasteiger partial charge on any atom is -0.462 e. The Morgan fingerprint density at radius 2 is 2.11 bits per heavy atom. The summed E-state index contributed by atoms with van der Waals surface area (Å²) in [5.74, 6) is -0.350. The van der Waals surface area contributed by atoms with E-state index in [9.17, 15) is 4.79 Å². The normalized spacial score (nSPS) is 11.2. The van der Waals surface area contributed by atoms with Gasteiger partial charge >= 0.3 is 5.97 Å². The summed E-state index contributed by atoms with van der Waals surface area (Å²) in [5, 5.41) is 3.18. The van der Waals surface area contributed by atoms with E-state index in [0.717, 1.165) is 0 Å². The largest absolute Gasteiger partial charge is 0.462 e. The summed E-state index contributed by atoms with van der Waals surface area (Å²) in [5.41, 5.74) is 7.33. The minimum absolute atomic E-state index is 0.313. The Kier molecular flexibility index (Phi) is 5.18. The van der Waals surface area contributed by atoms with Crippen molar-refractivity contribution < 1.29 is 14.3 Å². The molecule has 0 radical (unpaired) electrons. The fourth-order valence-corrected chi connectivity index (χ4v) is 1.43. The number of hydrogen-bond donors (Lipinski definition) is 2. The van der Waals surface area contributed by atoms with Crippen molar-refractivity contribution in [2.45, 2.75) is 26.4 Å². The smallest absolute Gasteiger partial charge is 0.338 e. The fourth-order valence-electron chi connectivity index (χ4n) is 1.43. The second kappa shape index (κ2) is 6.43. The van der Waals surface area contributed by atoms with Crippen LogP contribution in [-0.4, -0.2) is 31.8 Å². The predicted octanol–water partition coefficient (Wildman–Crippen LogP) is 2.28. The molecular formula is C14H22N2O3. The van der Waals surface area contributed by atoms with Gasteiger partial charge in [-0.1, -0.05) is 0 Å². The highest BCUT2D eigenvalue weighted by atomic mass is 16.5. The van der Waals surface area contributed by atoms with Crippen LogP contribution in [0.15, 0.2) is 18.2 Å². The number of benzene rings is 1. The van der Waals surface area contributed by atoms with Crippen LogP contribution in [0.4, 0.5) is 11.4 Å². The van der Waals surface area contributed by atoms with Crippen LogP contribution in [0.2, 0.25) is 0 Å². The third-order valence-corrected chi connectivity index (χ3v) is 2.82. The van der Waals surface area contributed by atoms with Crippen molar-refractivity contribution >= 4 is 17.3 Å². The molecule has 19 heavy (non-hydrogen) atoms. The lowest BCUT2D eigenvalue weighted by atomic mass is 10.1. The maximum Gasteiger partial charge on any atom is 0.338 e. The minimum atomic E-state index is -0.350. The maximum absolute atomic E-state index is 11.7. The van der Waals surface area contributed by atoms with E-state index in [0.29, 0.717) is 30.1 Å². The highest BCUT2D eigenvalue weighted by Crippen LogP contribution is 2.22. The molecule has 1 aromatic rings. The number of rotatable bonds is 6. The molecule has 0 saturated heterocycles. The quantitative estimate of drug-likeness (QED) is 0.610. The molecule has 106 valence electrons. The van der Waals surface area contributed by atoms with Crippen LogP contribution < -0.4 is 11.1 Å². The number of nitrogen functional groups attached to an aromatic ring is 1. The lowest BCUT2D eigenvalue weighted by Crippen LogP contribution is -2.32. The molecule has 0 heterocycles. The van der Waals surface area contributed by atoms with Crippen LogP contribution >= 0.6 is 0 Å². The summed E-state index contributed by atoms with van der Waals surface area (Å²) in [4.78, 5) is 11.7. The molecule has 0 fully saturated rings. The van der Waals surface area contributed by atoms with Gasteiger partial charge in [-0.3, -0.25) is 0 Å². The fraction of sp³-hybridized carbons (Fsp3) is 0.500. The van der Waals surface area contributed by atoms with Gasteiger partial charge in [0.2, 0.25) is 0 Å². The van der Waals surface area contributed by atoms with Gasteiger partial charge in [0.25, 0.3) is 0 Å². The van der Waals surface area contributed by atoms with Gasteiger partial charge in [-0.2, -0.15) is 0 Å². The standard InChI is InChI=1S/C14H22N2O3/c1-5-19-13(17)10-6-7-11(15)12(8-10)16-9-14(2,3)18-4/h6-8,16H,5,9,15H2,1-4H3. The van der Waals surface area contributed by atoms with E-state index in [-0.39, 0.29) is 11.6 Å². The van der Waals surface area contributed by atoms with E-state index >= 15 is 0 Å². The lowest BCUT2D eigenvalue weighted by Gasteiger charge is -2.24. The SMILES string of the molecule is CCOC(=O)c1ccc(N)c(NCC(C)(C)OC)c1. The van der Waals surface area contributed by atoms with Crippen molar-refractivity contribution in [1.82, 2.24) is 0 Å². The highest BCUT2D eigenvalue weighted by molar-refractivity contribution is 5.92. The molecule has 3 N–H and O–H groups in total. The second-order valence-corrected chi connectivity index (χ2v) is 4.84. The Bertz CT molecular complexity index is 444. The molecule has 0 atom stereocenters. The molecule has 0 bridgehead atoms. The Hall–Kier alpha value is -1.75. The number of esters is 1. The van der Waals surface area contributed by atoms with Crippen molar-refractivity contribution in [2.24, 2.45) is 0 Å². The Morgan fingerprint density at radius 3 is 2.68 bits per heavy atom. The van der Waals surface area contributed by atoms with Crippen molar-refractivity contribution in [1.29, 1.82) is 0 Å². The number of anilines is 2. The van der Waals surface area contributed by atoms with E-state index in [4.69, 9.17) is 15.2 Å². The number of hydrogen-bond acceptors (Lipinski definition) is 5. The van der Waals surface area contributed by atoms with Crippen LogP contribution in [0.1, 0.15) is 31.1 Å². The monoisotopic (exact) mass is 266 g/mol. The van der Waals surface area contributed by atoms with Gasteiger partial charge < -0.3 is 20.5 Å². The van der Waals surface area contributed by atoms with Gasteiger partial charge in [-0.15, -0.1) is 0 Å². The van der Waals surface area contributed by atoms with Gasteiger partial charge in [-0.25, -0.2) is 4.79 Å². The van der Waals surface area contributed by atoms with E-state index in [1.807, 2.05) is 13.8 Å². The molecule has 0 spiro atoms. The van der Waals surface area contributed by atoms with Crippen LogP contribution in [0, 0.1) is 0 Å². The molecule has 1 aromatic carbocycles. The van der Waals surface area contributed by atoms with E-state index in [1.165, 1.54) is 0 Å². The molecule has 5 nitrogen and oxygen atoms in total.